The summed E-state index contributed by atoms with van der Waals surface area (Å²) in [5.74, 6) is 0.291. The monoisotopic (exact) mass is 412 g/mol. The van der Waals surface area contributed by atoms with Crippen LogP contribution in [-0.4, -0.2) is 34.2 Å². The number of amides is 2. The number of carbonyl (C=O) groups excluding carboxylic acids is 2. The van der Waals surface area contributed by atoms with Crippen LogP contribution in [0, 0.1) is 12.8 Å². The molecule has 1 aromatic heterocycles. The van der Waals surface area contributed by atoms with E-state index in [1.807, 2.05) is 40.1 Å². The van der Waals surface area contributed by atoms with Crippen LogP contribution in [0.5, 0.6) is 0 Å². The second kappa shape index (κ2) is 10.1. The molecule has 0 N–H and O–H groups in total. The van der Waals surface area contributed by atoms with Crippen LogP contribution >= 0.6 is 11.3 Å². The van der Waals surface area contributed by atoms with Gasteiger partial charge in [0.25, 0.3) is 0 Å². The molecule has 156 valence electrons. The Balaban J connectivity index is 1.77. The quantitative estimate of drug-likeness (QED) is 0.581. The lowest BCUT2D eigenvalue weighted by atomic mass is 9.84. The van der Waals surface area contributed by atoms with Gasteiger partial charge >= 0.3 is 0 Å². The molecule has 1 saturated carbocycles. The summed E-state index contributed by atoms with van der Waals surface area (Å²) in [4.78, 5) is 31.3. The van der Waals surface area contributed by atoms with Crippen LogP contribution in [0.1, 0.15) is 55.5 Å². The Kier molecular flexibility index (Phi) is 7.48. The molecule has 1 aromatic carbocycles. The van der Waals surface area contributed by atoms with E-state index < -0.39 is 0 Å². The molecule has 1 aliphatic rings. The van der Waals surface area contributed by atoms with Crippen LogP contribution < -0.4 is 0 Å². The highest BCUT2D eigenvalue weighted by molar-refractivity contribution is 7.10. The average molecular weight is 413 g/mol. The van der Waals surface area contributed by atoms with Gasteiger partial charge in [0, 0.05) is 23.4 Å². The first kappa shape index (κ1) is 21.6. The summed E-state index contributed by atoms with van der Waals surface area (Å²) >= 11 is 1.69. The summed E-state index contributed by atoms with van der Waals surface area (Å²) in [7, 11) is 0. The SMILES string of the molecule is CCC(C)N(CC(=O)N(Cc1ccccc1)Cc1sccc1C)C(=O)C1CCC1. The Bertz CT molecular complexity index is 813. The summed E-state index contributed by atoms with van der Waals surface area (Å²) in [6, 6.07) is 12.3. The predicted octanol–water partition coefficient (Wildman–Crippen LogP) is 5.01. The molecule has 4 nitrogen and oxygen atoms in total. The standard InChI is InChI=1S/C24H32N2O2S/c1-4-19(3)26(24(28)21-11-8-12-21)17-23(27)25(15-20-9-6-5-7-10-20)16-22-18(2)13-14-29-22/h5-7,9-10,13-14,19,21H,4,8,11-12,15-17H2,1-3H3. The first-order valence-corrected chi connectivity index (χ1v) is 11.5. The molecule has 1 unspecified atom stereocenters. The third-order valence-electron chi connectivity index (χ3n) is 6.04. The van der Waals surface area contributed by atoms with Crippen molar-refractivity contribution < 1.29 is 9.59 Å². The van der Waals surface area contributed by atoms with Crippen molar-refractivity contribution >= 4 is 23.2 Å². The van der Waals surface area contributed by atoms with E-state index in [9.17, 15) is 9.59 Å². The number of rotatable bonds is 9. The van der Waals surface area contributed by atoms with E-state index in [2.05, 4.69) is 32.2 Å². The maximum atomic E-state index is 13.4. The minimum atomic E-state index is 0.0228. The van der Waals surface area contributed by atoms with Gasteiger partial charge in [-0.05, 0) is 55.7 Å². The third kappa shape index (κ3) is 5.47. The van der Waals surface area contributed by atoms with Crippen LogP contribution in [0.15, 0.2) is 41.8 Å². The van der Waals surface area contributed by atoms with Crippen molar-refractivity contribution in [3.8, 4) is 0 Å². The summed E-state index contributed by atoms with van der Waals surface area (Å²) in [5, 5.41) is 2.07. The number of hydrogen-bond acceptors (Lipinski definition) is 3. The summed E-state index contributed by atoms with van der Waals surface area (Å²) in [6.45, 7) is 7.53. The molecular formula is C24H32N2O2S. The highest BCUT2D eigenvalue weighted by Gasteiger charge is 2.33. The van der Waals surface area contributed by atoms with E-state index in [1.165, 1.54) is 10.4 Å². The molecule has 1 aliphatic carbocycles. The number of nitrogens with zero attached hydrogens (tertiary/aromatic N) is 2. The summed E-state index contributed by atoms with van der Waals surface area (Å²) in [5.41, 5.74) is 2.32. The lowest BCUT2D eigenvalue weighted by molar-refractivity contribution is -0.147. The van der Waals surface area contributed by atoms with Crippen molar-refractivity contribution in [2.45, 2.75) is 65.6 Å². The molecule has 3 rings (SSSR count). The fourth-order valence-corrected chi connectivity index (χ4v) is 4.50. The van der Waals surface area contributed by atoms with E-state index in [4.69, 9.17) is 0 Å². The zero-order valence-electron chi connectivity index (χ0n) is 17.8. The number of aryl methyl sites for hydroxylation is 1. The first-order chi connectivity index (χ1) is 14.0. The fourth-order valence-electron chi connectivity index (χ4n) is 3.58. The molecule has 5 heteroatoms. The van der Waals surface area contributed by atoms with Gasteiger partial charge in [0.2, 0.25) is 11.8 Å². The third-order valence-corrected chi connectivity index (χ3v) is 7.05. The Morgan fingerprint density at radius 3 is 2.41 bits per heavy atom. The number of thiophene rings is 1. The van der Waals surface area contributed by atoms with Crippen molar-refractivity contribution in [3.05, 3.63) is 57.8 Å². The lowest BCUT2D eigenvalue weighted by Gasteiger charge is -2.36. The number of benzene rings is 1. The minimum Gasteiger partial charge on any atom is -0.332 e. The van der Waals surface area contributed by atoms with Gasteiger partial charge in [0.1, 0.15) is 6.54 Å². The molecule has 2 amide bonds. The smallest absolute Gasteiger partial charge is 0.242 e. The molecule has 0 spiro atoms. The number of hydrogen-bond donors (Lipinski definition) is 0. The molecule has 1 atom stereocenters. The van der Waals surface area contributed by atoms with Crippen molar-refractivity contribution in [3.63, 3.8) is 0 Å². The molecule has 0 saturated heterocycles. The van der Waals surface area contributed by atoms with Gasteiger partial charge in [0.05, 0.1) is 6.54 Å². The van der Waals surface area contributed by atoms with Gasteiger partial charge in [-0.15, -0.1) is 11.3 Å². The molecule has 0 bridgehead atoms. The molecule has 1 fully saturated rings. The molecule has 2 aromatic rings. The van der Waals surface area contributed by atoms with Crippen LogP contribution in [0.2, 0.25) is 0 Å². The van der Waals surface area contributed by atoms with Gasteiger partial charge < -0.3 is 9.80 Å². The number of carbonyl (C=O) groups is 2. The average Bonchev–Trinajstić information content (AvgIpc) is 3.08. The maximum Gasteiger partial charge on any atom is 0.242 e. The van der Waals surface area contributed by atoms with E-state index in [1.54, 1.807) is 11.3 Å². The van der Waals surface area contributed by atoms with Crippen LogP contribution in [0.3, 0.4) is 0 Å². The van der Waals surface area contributed by atoms with Crippen molar-refractivity contribution in [2.24, 2.45) is 5.92 Å². The fraction of sp³-hybridized carbons (Fsp3) is 0.500. The van der Waals surface area contributed by atoms with Gasteiger partial charge in [-0.1, -0.05) is 43.7 Å². The van der Waals surface area contributed by atoms with Crippen LogP contribution in [0.4, 0.5) is 0 Å². The van der Waals surface area contributed by atoms with Gasteiger partial charge in [0.15, 0.2) is 0 Å². The molecular weight excluding hydrogens is 380 g/mol. The largest absolute Gasteiger partial charge is 0.332 e. The second-order valence-corrected chi connectivity index (χ2v) is 9.11. The Morgan fingerprint density at radius 1 is 1.14 bits per heavy atom. The zero-order chi connectivity index (χ0) is 20.8. The molecule has 1 heterocycles. The van der Waals surface area contributed by atoms with Gasteiger partial charge in [-0.3, -0.25) is 9.59 Å². The Morgan fingerprint density at radius 2 is 1.86 bits per heavy atom. The molecule has 29 heavy (non-hydrogen) atoms. The highest BCUT2D eigenvalue weighted by Crippen LogP contribution is 2.29. The topological polar surface area (TPSA) is 40.6 Å². The second-order valence-electron chi connectivity index (χ2n) is 8.11. The van der Waals surface area contributed by atoms with Crippen LogP contribution in [0.25, 0.3) is 0 Å². The zero-order valence-corrected chi connectivity index (χ0v) is 18.6. The lowest BCUT2D eigenvalue weighted by Crippen LogP contribution is -2.49. The van der Waals surface area contributed by atoms with E-state index in [0.717, 1.165) is 31.2 Å². The summed E-state index contributed by atoms with van der Waals surface area (Å²) in [6.07, 6.45) is 3.90. The van der Waals surface area contributed by atoms with Gasteiger partial charge in [-0.25, -0.2) is 0 Å². The van der Waals surface area contributed by atoms with Gasteiger partial charge in [-0.2, -0.15) is 0 Å². The van der Waals surface area contributed by atoms with Crippen molar-refractivity contribution in [1.82, 2.24) is 9.80 Å². The maximum absolute atomic E-state index is 13.4. The van der Waals surface area contributed by atoms with Crippen molar-refractivity contribution in [2.75, 3.05) is 6.54 Å². The molecule has 0 aliphatic heterocycles. The first-order valence-electron chi connectivity index (χ1n) is 10.6. The van der Waals surface area contributed by atoms with E-state index >= 15 is 0 Å². The van der Waals surface area contributed by atoms with E-state index in [0.29, 0.717) is 13.1 Å². The Labute approximate surface area is 178 Å². The predicted molar refractivity (Wildman–Crippen MR) is 119 cm³/mol. The van der Waals surface area contributed by atoms with Crippen molar-refractivity contribution in [1.29, 1.82) is 0 Å². The minimum absolute atomic E-state index is 0.0228. The molecule has 0 radical (unpaired) electrons. The van der Waals surface area contributed by atoms with Crippen LogP contribution in [-0.2, 0) is 22.7 Å². The van der Waals surface area contributed by atoms with E-state index in [-0.39, 0.29) is 30.3 Å². The normalized spacial score (nSPS) is 14.9. The summed E-state index contributed by atoms with van der Waals surface area (Å²) < 4.78 is 0. The highest BCUT2D eigenvalue weighted by atomic mass is 32.1. The Hall–Kier alpha value is -2.14.